The number of urea groups is 1. The molecule has 1 aliphatic rings. The molecule has 6 nitrogen and oxygen atoms in total. The highest BCUT2D eigenvalue weighted by Gasteiger charge is 2.20. The number of nitrogens with one attached hydrogen (secondary N) is 2. The molecule has 0 aliphatic heterocycles. The van der Waals surface area contributed by atoms with Crippen LogP contribution in [-0.2, 0) is 0 Å². The Morgan fingerprint density at radius 2 is 2.26 bits per heavy atom. The Balaban J connectivity index is 1.64. The fourth-order valence-corrected chi connectivity index (χ4v) is 2.51. The van der Waals surface area contributed by atoms with Crippen LogP contribution in [-0.4, -0.2) is 29.0 Å². The zero-order valence-electron chi connectivity index (χ0n) is 13.5. The largest absolute Gasteiger partial charge is 0.497 e. The Morgan fingerprint density at radius 3 is 2.96 bits per heavy atom. The first-order valence-corrected chi connectivity index (χ1v) is 7.92. The third-order valence-electron chi connectivity index (χ3n) is 4.21. The van der Waals surface area contributed by atoms with Crippen molar-refractivity contribution in [2.45, 2.75) is 38.3 Å². The van der Waals surface area contributed by atoms with Crippen LogP contribution >= 0.6 is 0 Å². The van der Waals surface area contributed by atoms with Crippen molar-refractivity contribution in [3.05, 3.63) is 42.2 Å². The van der Waals surface area contributed by atoms with E-state index in [1.54, 1.807) is 18.0 Å². The first-order chi connectivity index (χ1) is 11.2. The number of benzene rings is 1. The number of carbonyl (C=O) groups excluding carboxylic acids is 1. The monoisotopic (exact) mass is 314 g/mol. The van der Waals surface area contributed by atoms with E-state index in [4.69, 9.17) is 4.74 Å². The highest BCUT2D eigenvalue weighted by Crippen LogP contribution is 2.19. The molecular formula is C17H22N4O2. The maximum Gasteiger partial charge on any atom is 0.315 e. The fourth-order valence-electron chi connectivity index (χ4n) is 2.51. The minimum Gasteiger partial charge on any atom is -0.497 e. The molecule has 0 radical (unpaired) electrons. The fraction of sp³-hybridized carbons (Fsp3) is 0.412. The molecule has 1 aromatic heterocycles. The summed E-state index contributed by atoms with van der Waals surface area (Å²) >= 11 is 0. The molecule has 2 N–H and O–H groups in total. The van der Waals surface area contributed by atoms with Gasteiger partial charge in [-0.15, -0.1) is 0 Å². The molecule has 0 bridgehead atoms. The lowest BCUT2D eigenvalue weighted by atomic mass is 9.93. The SMILES string of the molecule is COc1cccc(-n2cc(C(C)NC(=O)NC3CCC3)cn2)c1. The second-order valence-electron chi connectivity index (χ2n) is 5.89. The number of nitrogens with zero attached hydrogens (tertiary/aromatic N) is 2. The van der Waals surface area contributed by atoms with Crippen LogP contribution < -0.4 is 15.4 Å². The standard InChI is InChI=1S/C17H22N4O2/c1-12(19-17(22)20-14-5-3-6-14)13-10-18-21(11-13)15-7-4-8-16(9-15)23-2/h4,7-12,14H,3,5-6H2,1-2H3,(H2,19,20,22). The van der Waals surface area contributed by atoms with Gasteiger partial charge in [0.2, 0.25) is 0 Å². The number of ether oxygens (including phenoxy) is 1. The van der Waals surface area contributed by atoms with E-state index in [1.807, 2.05) is 37.4 Å². The molecule has 6 heteroatoms. The van der Waals surface area contributed by atoms with E-state index in [9.17, 15) is 4.79 Å². The first kappa shape index (κ1) is 15.4. The van der Waals surface area contributed by atoms with Crippen LogP contribution in [0.1, 0.15) is 37.8 Å². The molecule has 1 unspecified atom stereocenters. The van der Waals surface area contributed by atoms with Crippen molar-refractivity contribution < 1.29 is 9.53 Å². The minimum atomic E-state index is -0.115. The summed E-state index contributed by atoms with van der Waals surface area (Å²) in [5.41, 5.74) is 1.87. The van der Waals surface area contributed by atoms with Crippen molar-refractivity contribution in [2.75, 3.05) is 7.11 Å². The van der Waals surface area contributed by atoms with Crippen molar-refractivity contribution in [3.63, 3.8) is 0 Å². The Bertz CT molecular complexity index is 679. The first-order valence-electron chi connectivity index (χ1n) is 7.92. The van der Waals surface area contributed by atoms with Gasteiger partial charge >= 0.3 is 6.03 Å². The van der Waals surface area contributed by atoms with Crippen molar-refractivity contribution in [1.82, 2.24) is 20.4 Å². The van der Waals surface area contributed by atoms with Gasteiger partial charge in [0, 0.05) is 23.9 Å². The Kier molecular flexibility index (Phi) is 4.50. The van der Waals surface area contributed by atoms with Crippen molar-refractivity contribution in [3.8, 4) is 11.4 Å². The second-order valence-corrected chi connectivity index (χ2v) is 5.89. The molecule has 1 heterocycles. The molecule has 1 aliphatic carbocycles. The summed E-state index contributed by atoms with van der Waals surface area (Å²) in [6.45, 7) is 1.95. The van der Waals surface area contributed by atoms with Gasteiger partial charge in [-0.25, -0.2) is 9.48 Å². The number of aromatic nitrogens is 2. The van der Waals surface area contributed by atoms with E-state index < -0.39 is 0 Å². The van der Waals surface area contributed by atoms with Crippen LogP contribution in [0.15, 0.2) is 36.7 Å². The van der Waals surface area contributed by atoms with Gasteiger partial charge in [0.05, 0.1) is 25.0 Å². The molecule has 23 heavy (non-hydrogen) atoms. The number of rotatable bonds is 5. The molecule has 0 saturated heterocycles. The maximum atomic E-state index is 11.9. The molecule has 2 aromatic rings. The lowest BCUT2D eigenvalue weighted by Crippen LogP contribution is -2.45. The Labute approximate surface area is 135 Å². The van der Waals surface area contributed by atoms with Crippen LogP contribution in [0, 0.1) is 0 Å². The second kappa shape index (κ2) is 6.73. The summed E-state index contributed by atoms with van der Waals surface area (Å²) in [7, 11) is 1.64. The van der Waals surface area contributed by atoms with Gasteiger partial charge in [-0.05, 0) is 38.3 Å². The van der Waals surface area contributed by atoms with E-state index in [0.29, 0.717) is 6.04 Å². The summed E-state index contributed by atoms with van der Waals surface area (Å²) in [6, 6.07) is 7.80. The number of carbonyl (C=O) groups is 1. The average molecular weight is 314 g/mol. The molecule has 3 rings (SSSR count). The molecule has 1 aromatic carbocycles. The number of hydrogen-bond donors (Lipinski definition) is 2. The van der Waals surface area contributed by atoms with Gasteiger partial charge in [-0.1, -0.05) is 6.07 Å². The third kappa shape index (κ3) is 3.64. The number of methoxy groups -OCH3 is 1. The zero-order valence-corrected chi connectivity index (χ0v) is 13.5. The van der Waals surface area contributed by atoms with E-state index in [1.165, 1.54) is 6.42 Å². The van der Waals surface area contributed by atoms with Gasteiger partial charge in [0.15, 0.2) is 0 Å². The van der Waals surface area contributed by atoms with Crippen LogP contribution in [0.3, 0.4) is 0 Å². The summed E-state index contributed by atoms with van der Waals surface area (Å²) in [6.07, 6.45) is 7.05. The van der Waals surface area contributed by atoms with Crippen LogP contribution in [0.2, 0.25) is 0 Å². The van der Waals surface area contributed by atoms with Gasteiger partial charge in [0.25, 0.3) is 0 Å². The summed E-state index contributed by atoms with van der Waals surface area (Å²) in [4.78, 5) is 11.9. The van der Waals surface area contributed by atoms with Crippen molar-refractivity contribution >= 4 is 6.03 Å². The van der Waals surface area contributed by atoms with Crippen molar-refractivity contribution in [1.29, 1.82) is 0 Å². The minimum absolute atomic E-state index is 0.102. The van der Waals surface area contributed by atoms with Gasteiger partial charge in [-0.3, -0.25) is 0 Å². The number of amides is 2. The Morgan fingerprint density at radius 1 is 1.43 bits per heavy atom. The van der Waals surface area contributed by atoms with E-state index in [-0.39, 0.29) is 12.1 Å². The number of hydrogen-bond acceptors (Lipinski definition) is 3. The van der Waals surface area contributed by atoms with Gasteiger partial charge in [0.1, 0.15) is 5.75 Å². The molecule has 1 atom stereocenters. The molecular weight excluding hydrogens is 292 g/mol. The lowest BCUT2D eigenvalue weighted by molar-refractivity contribution is 0.225. The molecule has 1 fully saturated rings. The van der Waals surface area contributed by atoms with Crippen LogP contribution in [0.4, 0.5) is 4.79 Å². The molecule has 2 amide bonds. The smallest absolute Gasteiger partial charge is 0.315 e. The maximum absolute atomic E-state index is 11.9. The summed E-state index contributed by atoms with van der Waals surface area (Å²) < 4.78 is 7.01. The predicted octanol–water partition coefficient (Wildman–Crippen LogP) is 2.79. The normalized spacial score (nSPS) is 15.6. The average Bonchev–Trinajstić information content (AvgIpc) is 3.01. The van der Waals surface area contributed by atoms with Gasteiger partial charge < -0.3 is 15.4 Å². The van der Waals surface area contributed by atoms with Crippen LogP contribution in [0.25, 0.3) is 5.69 Å². The molecule has 1 saturated carbocycles. The topological polar surface area (TPSA) is 68.2 Å². The highest BCUT2D eigenvalue weighted by atomic mass is 16.5. The lowest BCUT2D eigenvalue weighted by Gasteiger charge is -2.27. The van der Waals surface area contributed by atoms with E-state index in [2.05, 4.69) is 15.7 Å². The van der Waals surface area contributed by atoms with Crippen LogP contribution in [0.5, 0.6) is 5.75 Å². The van der Waals surface area contributed by atoms with Crippen molar-refractivity contribution in [2.24, 2.45) is 0 Å². The predicted molar refractivity (Wildman–Crippen MR) is 87.8 cm³/mol. The third-order valence-corrected chi connectivity index (χ3v) is 4.21. The highest BCUT2D eigenvalue weighted by molar-refractivity contribution is 5.74. The zero-order chi connectivity index (χ0) is 16.2. The molecule has 0 spiro atoms. The molecule has 122 valence electrons. The van der Waals surface area contributed by atoms with E-state index >= 15 is 0 Å². The van der Waals surface area contributed by atoms with Gasteiger partial charge in [-0.2, -0.15) is 5.10 Å². The summed E-state index contributed by atoms with van der Waals surface area (Å²) in [5.74, 6) is 0.783. The van der Waals surface area contributed by atoms with E-state index in [0.717, 1.165) is 29.8 Å². The quantitative estimate of drug-likeness (QED) is 0.891. The Hall–Kier alpha value is -2.50. The summed E-state index contributed by atoms with van der Waals surface area (Å²) in [5, 5.41) is 10.3.